The zero-order valence-corrected chi connectivity index (χ0v) is 11.9. The van der Waals surface area contributed by atoms with Crippen LogP contribution < -0.4 is 0 Å². The summed E-state index contributed by atoms with van der Waals surface area (Å²) in [6.07, 6.45) is 5.01. The van der Waals surface area contributed by atoms with E-state index in [-0.39, 0.29) is 5.91 Å². The van der Waals surface area contributed by atoms with Gasteiger partial charge in [0.25, 0.3) is 5.91 Å². The van der Waals surface area contributed by atoms with Crippen LogP contribution in [0.2, 0.25) is 0 Å². The number of carbonyl (C=O) groups excluding carboxylic acids is 1. The minimum absolute atomic E-state index is 0.232. The maximum atomic E-state index is 12.4. The molecule has 1 aromatic carbocycles. The summed E-state index contributed by atoms with van der Waals surface area (Å²) in [5, 5.41) is 0. The monoisotopic (exact) mass is 341 g/mol. The van der Waals surface area contributed by atoms with Gasteiger partial charge in [-0.05, 0) is 78.5 Å². The molecule has 1 amide bonds. The number of benzene rings is 1. The van der Waals surface area contributed by atoms with Gasteiger partial charge in [-0.3, -0.25) is 4.79 Å². The predicted molar refractivity (Wildman–Crippen MR) is 75.9 cm³/mol. The van der Waals surface area contributed by atoms with Gasteiger partial charge in [-0.25, -0.2) is 0 Å². The lowest BCUT2D eigenvalue weighted by molar-refractivity contribution is 0.0735. The van der Waals surface area contributed by atoms with Gasteiger partial charge >= 0.3 is 0 Å². The lowest BCUT2D eigenvalue weighted by atomic mass is 10.2. The zero-order valence-electron chi connectivity index (χ0n) is 9.73. The first-order chi connectivity index (χ1) is 8.24. The summed E-state index contributed by atoms with van der Waals surface area (Å²) in [6, 6.07) is 8.45. The third-order valence-electron chi connectivity index (χ3n) is 3.49. The molecule has 2 fully saturated rings. The van der Waals surface area contributed by atoms with E-state index in [1.54, 1.807) is 0 Å². The molecule has 0 radical (unpaired) electrons. The Morgan fingerprint density at radius 2 is 1.82 bits per heavy atom. The van der Waals surface area contributed by atoms with Crippen molar-refractivity contribution < 1.29 is 4.79 Å². The van der Waals surface area contributed by atoms with Crippen molar-refractivity contribution in [3.05, 3.63) is 33.4 Å². The third kappa shape index (κ3) is 2.81. The van der Waals surface area contributed by atoms with E-state index in [0.29, 0.717) is 6.04 Å². The van der Waals surface area contributed by atoms with E-state index < -0.39 is 0 Å². The minimum Gasteiger partial charge on any atom is -0.335 e. The fourth-order valence-corrected chi connectivity index (χ4v) is 2.48. The normalized spacial score (nSPS) is 19.1. The first kappa shape index (κ1) is 11.5. The van der Waals surface area contributed by atoms with Gasteiger partial charge in [0.05, 0.1) is 0 Å². The summed E-state index contributed by atoms with van der Waals surface area (Å²) >= 11 is 2.27. The highest BCUT2D eigenvalue weighted by Crippen LogP contribution is 2.35. The summed E-state index contributed by atoms with van der Waals surface area (Å²) in [7, 11) is 0. The Hall–Kier alpha value is -0.580. The van der Waals surface area contributed by atoms with Crippen molar-refractivity contribution in [3.8, 4) is 0 Å². The van der Waals surface area contributed by atoms with Crippen LogP contribution in [0, 0.1) is 9.49 Å². The SMILES string of the molecule is O=C(c1ccc(I)cc1)N(CC1CC1)C1CC1. The molecule has 0 saturated heterocycles. The van der Waals surface area contributed by atoms with Crippen molar-refractivity contribution in [1.29, 1.82) is 0 Å². The molecule has 0 N–H and O–H groups in total. The maximum Gasteiger partial charge on any atom is 0.254 e. The third-order valence-corrected chi connectivity index (χ3v) is 4.21. The van der Waals surface area contributed by atoms with Crippen molar-refractivity contribution in [2.24, 2.45) is 5.92 Å². The van der Waals surface area contributed by atoms with Crippen molar-refractivity contribution >= 4 is 28.5 Å². The summed E-state index contributed by atoms with van der Waals surface area (Å²) in [5.74, 6) is 1.01. The second kappa shape index (κ2) is 4.59. The Kier molecular flexibility index (Phi) is 3.11. The van der Waals surface area contributed by atoms with Gasteiger partial charge in [0.1, 0.15) is 0 Å². The lowest BCUT2D eigenvalue weighted by Crippen LogP contribution is -2.34. The molecular formula is C14H16INO. The molecule has 0 aliphatic heterocycles. The first-order valence-corrected chi connectivity index (χ1v) is 7.38. The zero-order chi connectivity index (χ0) is 11.8. The van der Waals surface area contributed by atoms with Gasteiger partial charge in [-0.15, -0.1) is 0 Å². The number of nitrogens with zero attached hydrogens (tertiary/aromatic N) is 1. The van der Waals surface area contributed by atoms with Crippen LogP contribution in [0.25, 0.3) is 0 Å². The smallest absolute Gasteiger partial charge is 0.254 e. The van der Waals surface area contributed by atoms with E-state index in [0.717, 1.165) is 18.0 Å². The molecule has 17 heavy (non-hydrogen) atoms. The average Bonchev–Trinajstić information content (AvgIpc) is 3.18. The summed E-state index contributed by atoms with van der Waals surface area (Å²) in [4.78, 5) is 14.5. The highest BCUT2D eigenvalue weighted by molar-refractivity contribution is 14.1. The van der Waals surface area contributed by atoms with Crippen molar-refractivity contribution in [2.75, 3.05) is 6.54 Å². The van der Waals surface area contributed by atoms with Crippen molar-refractivity contribution in [2.45, 2.75) is 31.7 Å². The Balaban J connectivity index is 1.75. The largest absolute Gasteiger partial charge is 0.335 e. The molecule has 0 unspecified atom stereocenters. The van der Waals surface area contributed by atoms with Crippen LogP contribution in [-0.4, -0.2) is 23.4 Å². The molecular weight excluding hydrogens is 325 g/mol. The number of hydrogen-bond acceptors (Lipinski definition) is 1. The molecule has 1 aromatic rings. The number of carbonyl (C=O) groups is 1. The topological polar surface area (TPSA) is 20.3 Å². The van der Waals surface area contributed by atoms with Crippen LogP contribution in [0.15, 0.2) is 24.3 Å². The van der Waals surface area contributed by atoms with Gasteiger partial charge in [0, 0.05) is 21.7 Å². The van der Waals surface area contributed by atoms with Gasteiger partial charge in [0.2, 0.25) is 0 Å². The van der Waals surface area contributed by atoms with Crippen LogP contribution in [-0.2, 0) is 0 Å². The lowest BCUT2D eigenvalue weighted by Gasteiger charge is -2.22. The Labute approximate surface area is 116 Å². The van der Waals surface area contributed by atoms with E-state index in [2.05, 4.69) is 27.5 Å². The van der Waals surface area contributed by atoms with E-state index in [1.807, 2.05) is 24.3 Å². The molecule has 0 heterocycles. The highest BCUT2D eigenvalue weighted by Gasteiger charge is 2.36. The van der Waals surface area contributed by atoms with Crippen LogP contribution in [0.1, 0.15) is 36.0 Å². The Morgan fingerprint density at radius 3 is 2.35 bits per heavy atom. The van der Waals surface area contributed by atoms with Gasteiger partial charge in [-0.1, -0.05) is 0 Å². The predicted octanol–water partition coefficient (Wildman–Crippen LogP) is 3.31. The molecule has 0 atom stereocenters. The fourth-order valence-electron chi connectivity index (χ4n) is 2.12. The Morgan fingerprint density at radius 1 is 1.18 bits per heavy atom. The van der Waals surface area contributed by atoms with Crippen LogP contribution in [0.4, 0.5) is 0 Å². The molecule has 0 bridgehead atoms. The second-order valence-electron chi connectivity index (χ2n) is 5.14. The molecule has 3 rings (SSSR count). The maximum absolute atomic E-state index is 12.4. The molecule has 2 aliphatic carbocycles. The van der Waals surface area contributed by atoms with Crippen LogP contribution >= 0.6 is 22.6 Å². The summed E-state index contributed by atoms with van der Waals surface area (Å²) in [6.45, 7) is 0.982. The minimum atomic E-state index is 0.232. The Bertz CT molecular complexity index is 420. The number of amides is 1. The van der Waals surface area contributed by atoms with E-state index in [1.165, 1.54) is 29.3 Å². The number of hydrogen-bond donors (Lipinski definition) is 0. The molecule has 2 nitrogen and oxygen atoms in total. The summed E-state index contributed by atoms with van der Waals surface area (Å²) in [5.41, 5.74) is 0.845. The molecule has 0 spiro atoms. The standard InChI is InChI=1S/C14H16INO/c15-12-5-3-11(4-6-12)14(17)16(13-7-8-13)9-10-1-2-10/h3-6,10,13H,1-2,7-9H2. The van der Waals surface area contributed by atoms with E-state index in [4.69, 9.17) is 0 Å². The van der Waals surface area contributed by atoms with Crippen molar-refractivity contribution in [3.63, 3.8) is 0 Å². The molecule has 3 heteroatoms. The van der Waals surface area contributed by atoms with Crippen LogP contribution in [0.5, 0.6) is 0 Å². The van der Waals surface area contributed by atoms with Crippen molar-refractivity contribution in [1.82, 2.24) is 4.90 Å². The summed E-state index contributed by atoms with van der Waals surface area (Å²) < 4.78 is 1.18. The van der Waals surface area contributed by atoms with Crippen LogP contribution in [0.3, 0.4) is 0 Å². The fraction of sp³-hybridized carbons (Fsp3) is 0.500. The second-order valence-corrected chi connectivity index (χ2v) is 6.38. The quantitative estimate of drug-likeness (QED) is 0.770. The molecule has 90 valence electrons. The van der Waals surface area contributed by atoms with E-state index >= 15 is 0 Å². The molecule has 0 aromatic heterocycles. The number of halogens is 1. The van der Waals surface area contributed by atoms with Gasteiger partial charge in [-0.2, -0.15) is 0 Å². The van der Waals surface area contributed by atoms with Gasteiger partial charge in [0.15, 0.2) is 0 Å². The number of rotatable bonds is 4. The van der Waals surface area contributed by atoms with Gasteiger partial charge < -0.3 is 4.90 Å². The average molecular weight is 341 g/mol. The van der Waals surface area contributed by atoms with E-state index in [9.17, 15) is 4.79 Å². The molecule has 2 aliphatic rings. The first-order valence-electron chi connectivity index (χ1n) is 6.30. The highest BCUT2D eigenvalue weighted by atomic mass is 127. The molecule has 2 saturated carbocycles.